The highest BCUT2D eigenvalue weighted by molar-refractivity contribution is 5.75. The number of aromatic amines is 1. The minimum absolute atomic E-state index is 0.778. The van der Waals surface area contributed by atoms with Gasteiger partial charge in [-0.05, 0) is 44.5 Å². The van der Waals surface area contributed by atoms with Crippen molar-refractivity contribution in [1.29, 1.82) is 0 Å². The van der Waals surface area contributed by atoms with Crippen LogP contribution >= 0.6 is 0 Å². The summed E-state index contributed by atoms with van der Waals surface area (Å²) in [5.41, 5.74) is 3.40. The van der Waals surface area contributed by atoms with E-state index in [9.17, 15) is 0 Å². The number of nitrogens with zero attached hydrogens (tertiary/aromatic N) is 1. The average molecular weight is 247 g/mol. The highest BCUT2D eigenvalue weighted by Gasteiger charge is 2.01. The van der Waals surface area contributed by atoms with E-state index in [0.717, 1.165) is 49.6 Å². The number of nitrogens with one attached hydrogen (secondary N) is 2. The molecule has 4 nitrogen and oxygen atoms in total. The summed E-state index contributed by atoms with van der Waals surface area (Å²) in [6.07, 6.45) is 1.03. The van der Waals surface area contributed by atoms with E-state index in [4.69, 9.17) is 4.74 Å². The van der Waals surface area contributed by atoms with Crippen LogP contribution in [0.4, 0.5) is 0 Å². The molecule has 1 aromatic heterocycles. The molecule has 0 unspecified atom stereocenters. The smallest absolute Gasteiger partial charge is 0.121 e. The lowest BCUT2D eigenvalue weighted by molar-refractivity contribution is 0.144. The summed E-state index contributed by atoms with van der Waals surface area (Å²) >= 11 is 0. The van der Waals surface area contributed by atoms with Gasteiger partial charge in [-0.25, -0.2) is 4.98 Å². The molecule has 1 heterocycles. The predicted molar refractivity (Wildman–Crippen MR) is 73.6 cm³/mol. The fourth-order valence-electron chi connectivity index (χ4n) is 1.91. The van der Waals surface area contributed by atoms with Gasteiger partial charge in [0, 0.05) is 13.2 Å². The lowest BCUT2D eigenvalue weighted by atomic mass is 10.2. The molecule has 2 aromatic rings. The van der Waals surface area contributed by atoms with Crippen molar-refractivity contribution in [2.24, 2.45) is 0 Å². The number of hydrogen-bond donors (Lipinski definition) is 2. The molecule has 2 N–H and O–H groups in total. The average Bonchev–Trinajstić information content (AvgIpc) is 2.75. The van der Waals surface area contributed by atoms with Crippen LogP contribution in [-0.4, -0.2) is 29.7 Å². The van der Waals surface area contributed by atoms with Gasteiger partial charge in [-0.15, -0.1) is 0 Å². The fourth-order valence-corrected chi connectivity index (χ4v) is 1.91. The largest absolute Gasteiger partial charge is 0.382 e. The number of aryl methyl sites for hydroxylation is 1. The Kier molecular flexibility index (Phi) is 4.73. The van der Waals surface area contributed by atoms with Gasteiger partial charge < -0.3 is 15.0 Å². The summed E-state index contributed by atoms with van der Waals surface area (Å²) in [5.74, 6) is 0.993. The molecule has 98 valence electrons. The Morgan fingerprint density at radius 2 is 2.28 bits per heavy atom. The van der Waals surface area contributed by atoms with Crippen molar-refractivity contribution in [2.45, 2.75) is 26.8 Å². The van der Waals surface area contributed by atoms with Crippen LogP contribution in [0.5, 0.6) is 0 Å². The normalized spacial score (nSPS) is 11.2. The lowest BCUT2D eigenvalue weighted by Gasteiger charge is -2.02. The molecule has 2 rings (SSSR count). The molecule has 0 spiro atoms. The van der Waals surface area contributed by atoms with Gasteiger partial charge in [0.25, 0.3) is 0 Å². The number of rotatable bonds is 7. The molecular weight excluding hydrogens is 226 g/mol. The molecule has 0 saturated heterocycles. The van der Waals surface area contributed by atoms with Crippen molar-refractivity contribution >= 4 is 11.0 Å². The van der Waals surface area contributed by atoms with E-state index in [1.54, 1.807) is 0 Å². The Balaban J connectivity index is 1.81. The van der Waals surface area contributed by atoms with Gasteiger partial charge in [0.2, 0.25) is 0 Å². The summed E-state index contributed by atoms with van der Waals surface area (Å²) in [5, 5.41) is 3.36. The molecule has 0 bridgehead atoms. The predicted octanol–water partition coefficient (Wildman–Crippen LogP) is 2.39. The molecule has 0 fully saturated rings. The van der Waals surface area contributed by atoms with Crippen LogP contribution in [0.2, 0.25) is 0 Å². The Labute approximate surface area is 108 Å². The minimum atomic E-state index is 0.778. The molecule has 0 radical (unpaired) electrons. The summed E-state index contributed by atoms with van der Waals surface area (Å²) < 4.78 is 5.28. The second kappa shape index (κ2) is 6.52. The van der Waals surface area contributed by atoms with Crippen LogP contribution in [0.1, 0.15) is 24.7 Å². The van der Waals surface area contributed by atoms with Gasteiger partial charge in [0.15, 0.2) is 0 Å². The maximum absolute atomic E-state index is 5.28. The highest BCUT2D eigenvalue weighted by atomic mass is 16.5. The zero-order valence-electron chi connectivity index (χ0n) is 11.1. The van der Waals surface area contributed by atoms with Crippen molar-refractivity contribution < 1.29 is 4.74 Å². The van der Waals surface area contributed by atoms with Crippen LogP contribution in [0.25, 0.3) is 11.0 Å². The maximum Gasteiger partial charge on any atom is 0.121 e. The second-order valence-corrected chi connectivity index (χ2v) is 4.43. The van der Waals surface area contributed by atoms with Gasteiger partial charge in [0.05, 0.1) is 17.6 Å². The van der Waals surface area contributed by atoms with Crippen molar-refractivity contribution in [1.82, 2.24) is 15.3 Å². The zero-order valence-corrected chi connectivity index (χ0v) is 11.1. The molecule has 18 heavy (non-hydrogen) atoms. The molecule has 1 aromatic carbocycles. The van der Waals surface area contributed by atoms with Gasteiger partial charge in [-0.3, -0.25) is 0 Å². The lowest BCUT2D eigenvalue weighted by Crippen LogP contribution is -2.17. The van der Waals surface area contributed by atoms with Crippen LogP contribution in [0.3, 0.4) is 0 Å². The molecule has 0 aliphatic carbocycles. The number of aromatic nitrogens is 2. The molecule has 4 heteroatoms. The Morgan fingerprint density at radius 3 is 3.11 bits per heavy atom. The topological polar surface area (TPSA) is 49.9 Å². The molecule has 0 saturated carbocycles. The molecular formula is C14H21N3O. The Morgan fingerprint density at radius 1 is 1.39 bits per heavy atom. The van der Waals surface area contributed by atoms with Gasteiger partial charge >= 0.3 is 0 Å². The third kappa shape index (κ3) is 3.55. The summed E-state index contributed by atoms with van der Waals surface area (Å²) in [4.78, 5) is 7.87. The summed E-state index contributed by atoms with van der Waals surface area (Å²) in [6.45, 7) is 7.46. The number of ether oxygens (including phenoxy) is 1. The minimum Gasteiger partial charge on any atom is -0.382 e. The van der Waals surface area contributed by atoms with Gasteiger partial charge in [-0.2, -0.15) is 0 Å². The van der Waals surface area contributed by atoms with Crippen molar-refractivity contribution in [3.8, 4) is 0 Å². The highest BCUT2D eigenvalue weighted by Crippen LogP contribution is 2.12. The standard InChI is InChI=1S/C14H21N3O/c1-3-18-8-4-7-15-10-14-16-12-6-5-11(2)9-13(12)17-14/h5-6,9,15H,3-4,7-8,10H2,1-2H3,(H,16,17). The first-order valence-corrected chi connectivity index (χ1v) is 6.53. The number of fused-ring (bicyclic) bond motifs is 1. The maximum atomic E-state index is 5.28. The van der Waals surface area contributed by atoms with Crippen molar-refractivity contribution in [2.75, 3.05) is 19.8 Å². The summed E-state index contributed by atoms with van der Waals surface area (Å²) in [6, 6.07) is 6.27. The van der Waals surface area contributed by atoms with E-state index >= 15 is 0 Å². The van der Waals surface area contributed by atoms with Crippen LogP contribution < -0.4 is 5.32 Å². The Hall–Kier alpha value is -1.39. The van der Waals surface area contributed by atoms with E-state index in [-0.39, 0.29) is 0 Å². The third-order valence-electron chi connectivity index (χ3n) is 2.83. The quantitative estimate of drug-likeness (QED) is 0.739. The first kappa shape index (κ1) is 13.1. The molecule has 0 aliphatic heterocycles. The number of imidazole rings is 1. The van der Waals surface area contributed by atoms with Crippen LogP contribution in [-0.2, 0) is 11.3 Å². The van der Waals surface area contributed by atoms with E-state index in [1.807, 2.05) is 6.92 Å². The second-order valence-electron chi connectivity index (χ2n) is 4.43. The third-order valence-corrected chi connectivity index (χ3v) is 2.83. The molecule has 0 atom stereocenters. The summed E-state index contributed by atoms with van der Waals surface area (Å²) in [7, 11) is 0. The number of benzene rings is 1. The fraction of sp³-hybridized carbons (Fsp3) is 0.500. The molecule has 0 aliphatic rings. The van der Waals surface area contributed by atoms with Crippen molar-refractivity contribution in [3.63, 3.8) is 0 Å². The molecule has 0 amide bonds. The number of hydrogen-bond acceptors (Lipinski definition) is 3. The van der Waals surface area contributed by atoms with Crippen LogP contribution in [0.15, 0.2) is 18.2 Å². The van der Waals surface area contributed by atoms with E-state index in [0.29, 0.717) is 0 Å². The first-order chi connectivity index (χ1) is 8.79. The van der Waals surface area contributed by atoms with Crippen molar-refractivity contribution in [3.05, 3.63) is 29.6 Å². The monoisotopic (exact) mass is 247 g/mol. The zero-order chi connectivity index (χ0) is 12.8. The van der Waals surface area contributed by atoms with E-state index in [1.165, 1.54) is 5.56 Å². The van der Waals surface area contributed by atoms with Gasteiger partial charge in [-0.1, -0.05) is 6.07 Å². The van der Waals surface area contributed by atoms with Gasteiger partial charge in [0.1, 0.15) is 5.82 Å². The van der Waals surface area contributed by atoms with E-state index in [2.05, 4.69) is 40.4 Å². The van der Waals surface area contributed by atoms with E-state index < -0.39 is 0 Å². The van der Waals surface area contributed by atoms with Crippen LogP contribution in [0, 0.1) is 6.92 Å². The number of H-pyrrole nitrogens is 1. The SMILES string of the molecule is CCOCCCNCc1nc2ccc(C)cc2[nH]1. The first-order valence-electron chi connectivity index (χ1n) is 6.53. The Bertz CT molecular complexity index is 493.